The van der Waals surface area contributed by atoms with Crippen molar-refractivity contribution in [1.82, 2.24) is 14.5 Å². The SMILES string of the molecule is [C-]#[N+]c1ccc2c(c1)c1cc(-c3cnc4c(c3)C3(c5ccccc5Oc5ccccc53)c3cccnc3-4)ccc1n2-c1ccccc1. The molecule has 0 amide bonds. The van der Waals surface area contributed by atoms with E-state index in [2.05, 4.69) is 94.3 Å². The van der Waals surface area contributed by atoms with Gasteiger partial charge >= 0.3 is 0 Å². The minimum Gasteiger partial charge on any atom is -0.457 e. The van der Waals surface area contributed by atoms with E-state index in [1.165, 1.54) is 0 Å². The Labute approximate surface area is 270 Å². The molecular formula is C42H24N4O. The fourth-order valence-corrected chi connectivity index (χ4v) is 7.83. The number of benzene rings is 5. The van der Waals surface area contributed by atoms with Gasteiger partial charge in [-0.1, -0.05) is 72.8 Å². The van der Waals surface area contributed by atoms with Crippen LogP contribution < -0.4 is 4.74 Å². The summed E-state index contributed by atoms with van der Waals surface area (Å²) in [4.78, 5) is 13.8. The number of pyridine rings is 2. The normalized spacial score (nSPS) is 13.4. The number of aromatic nitrogens is 3. The molecule has 3 aromatic heterocycles. The molecule has 218 valence electrons. The summed E-state index contributed by atoms with van der Waals surface area (Å²) in [6.45, 7) is 7.69. The lowest BCUT2D eigenvalue weighted by atomic mass is 9.66. The van der Waals surface area contributed by atoms with Gasteiger partial charge in [0.1, 0.15) is 11.5 Å². The number of rotatable bonds is 2. The van der Waals surface area contributed by atoms with Crippen LogP contribution in [0.5, 0.6) is 11.5 Å². The van der Waals surface area contributed by atoms with Crippen LogP contribution in [-0.2, 0) is 5.41 Å². The molecule has 10 rings (SSSR count). The van der Waals surface area contributed by atoms with E-state index in [1.807, 2.05) is 60.9 Å². The quantitative estimate of drug-likeness (QED) is 0.186. The molecule has 0 bridgehead atoms. The number of ether oxygens (including phenoxy) is 1. The zero-order valence-corrected chi connectivity index (χ0v) is 25.1. The largest absolute Gasteiger partial charge is 0.457 e. The van der Waals surface area contributed by atoms with Gasteiger partial charge in [0.2, 0.25) is 0 Å². The maximum absolute atomic E-state index is 7.69. The first kappa shape index (κ1) is 25.8. The van der Waals surface area contributed by atoms with E-state index in [0.717, 1.165) is 83.8 Å². The van der Waals surface area contributed by atoms with Crippen molar-refractivity contribution in [2.45, 2.75) is 5.41 Å². The van der Waals surface area contributed by atoms with Gasteiger partial charge in [0, 0.05) is 45.7 Å². The van der Waals surface area contributed by atoms with Gasteiger partial charge in [0.25, 0.3) is 0 Å². The molecule has 0 unspecified atom stereocenters. The van der Waals surface area contributed by atoms with E-state index >= 15 is 0 Å². The maximum atomic E-state index is 7.69. The third-order valence-corrected chi connectivity index (χ3v) is 9.76. The van der Waals surface area contributed by atoms with E-state index in [4.69, 9.17) is 21.3 Å². The van der Waals surface area contributed by atoms with E-state index in [1.54, 1.807) is 0 Å². The van der Waals surface area contributed by atoms with Gasteiger partial charge in [-0.15, -0.1) is 0 Å². The molecule has 4 heterocycles. The number of para-hydroxylation sites is 3. The van der Waals surface area contributed by atoms with Crippen LogP contribution in [0.4, 0.5) is 5.69 Å². The van der Waals surface area contributed by atoms with Crippen molar-refractivity contribution in [3.05, 3.63) is 180 Å². The third-order valence-electron chi connectivity index (χ3n) is 9.76. The Morgan fingerprint density at radius 3 is 2.00 bits per heavy atom. The van der Waals surface area contributed by atoms with Gasteiger partial charge in [-0.25, -0.2) is 4.85 Å². The highest BCUT2D eigenvalue weighted by Crippen LogP contribution is 2.61. The minimum atomic E-state index is -0.634. The van der Waals surface area contributed by atoms with Gasteiger partial charge in [-0.3, -0.25) is 9.97 Å². The zero-order chi connectivity index (χ0) is 31.1. The zero-order valence-electron chi connectivity index (χ0n) is 25.1. The molecule has 0 radical (unpaired) electrons. The van der Waals surface area contributed by atoms with Crippen LogP contribution in [-0.4, -0.2) is 14.5 Å². The summed E-state index contributed by atoms with van der Waals surface area (Å²) in [6.07, 6.45) is 3.82. The Kier molecular flexibility index (Phi) is 5.21. The van der Waals surface area contributed by atoms with E-state index in [0.29, 0.717) is 5.69 Å². The maximum Gasteiger partial charge on any atom is 0.188 e. The minimum absolute atomic E-state index is 0.623. The molecule has 5 aromatic carbocycles. The van der Waals surface area contributed by atoms with Crippen molar-refractivity contribution in [1.29, 1.82) is 0 Å². The van der Waals surface area contributed by atoms with Crippen molar-refractivity contribution in [3.8, 4) is 39.7 Å². The molecule has 2 aliphatic rings. The van der Waals surface area contributed by atoms with Crippen LogP contribution >= 0.6 is 0 Å². The average Bonchev–Trinajstić information content (AvgIpc) is 3.62. The van der Waals surface area contributed by atoms with Crippen molar-refractivity contribution < 1.29 is 4.74 Å². The van der Waals surface area contributed by atoms with Crippen LogP contribution in [0.25, 0.3) is 54.9 Å². The lowest BCUT2D eigenvalue weighted by molar-refractivity contribution is 0.436. The Morgan fingerprint density at radius 1 is 0.574 bits per heavy atom. The van der Waals surface area contributed by atoms with Gasteiger partial charge in [0.05, 0.1) is 34.4 Å². The Morgan fingerprint density at radius 2 is 1.23 bits per heavy atom. The summed E-state index contributed by atoms with van der Waals surface area (Å²) in [7, 11) is 0. The summed E-state index contributed by atoms with van der Waals surface area (Å²) >= 11 is 0. The van der Waals surface area contributed by atoms with Crippen LogP contribution in [0.1, 0.15) is 22.3 Å². The predicted octanol–water partition coefficient (Wildman–Crippen LogP) is 10.3. The summed E-state index contributed by atoms with van der Waals surface area (Å²) in [6, 6.07) is 46.1. The van der Waals surface area contributed by atoms with Gasteiger partial charge in [0.15, 0.2) is 5.69 Å². The van der Waals surface area contributed by atoms with Crippen LogP contribution in [0.2, 0.25) is 0 Å². The first-order valence-electron chi connectivity index (χ1n) is 15.6. The van der Waals surface area contributed by atoms with Crippen LogP contribution in [0.3, 0.4) is 0 Å². The molecule has 0 atom stereocenters. The fraction of sp³-hybridized carbons (Fsp3) is 0.0238. The van der Waals surface area contributed by atoms with Gasteiger partial charge in [-0.2, -0.15) is 0 Å². The average molecular weight is 601 g/mol. The Bertz CT molecular complexity index is 2580. The molecule has 1 aliphatic carbocycles. The topological polar surface area (TPSA) is 44.3 Å². The lowest BCUT2D eigenvalue weighted by Crippen LogP contribution is -2.32. The molecule has 1 aliphatic heterocycles. The highest BCUT2D eigenvalue weighted by atomic mass is 16.5. The molecule has 5 heteroatoms. The van der Waals surface area contributed by atoms with E-state index < -0.39 is 5.41 Å². The third kappa shape index (κ3) is 3.41. The first-order valence-corrected chi connectivity index (χ1v) is 15.6. The van der Waals surface area contributed by atoms with Crippen molar-refractivity contribution >= 4 is 27.5 Å². The van der Waals surface area contributed by atoms with Crippen molar-refractivity contribution in [2.75, 3.05) is 0 Å². The lowest BCUT2D eigenvalue weighted by Gasteiger charge is -2.38. The second-order valence-corrected chi connectivity index (χ2v) is 12.1. The number of fused-ring (bicyclic) bond motifs is 12. The fourth-order valence-electron chi connectivity index (χ4n) is 7.83. The van der Waals surface area contributed by atoms with Gasteiger partial charge in [-0.05, 0) is 77.2 Å². The summed E-state index contributed by atoms with van der Waals surface area (Å²) in [5, 5.41) is 2.14. The summed E-state index contributed by atoms with van der Waals surface area (Å²) < 4.78 is 8.77. The van der Waals surface area contributed by atoms with Crippen molar-refractivity contribution in [2.24, 2.45) is 0 Å². The molecule has 47 heavy (non-hydrogen) atoms. The Hall–Kier alpha value is -6.51. The number of hydrogen-bond acceptors (Lipinski definition) is 3. The van der Waals surface area contributed by atoms with E-state index in [-0.39, 0.29) is 0 Å². The Balaban J connectivity index is 1.25. The predicted molar refractivity (Wildman–Crippen MR) is 185 cm³/mol. The molecule has 0 fully saturated rings. The first-order chi connectivity index (χ1) is 23.3. The van der Waals surface area contributed by atoms with Crippen LogP contribution in [0.15, 0.2) is 146 Å². The molecule has 8 aromatic rings. The smallest absolute Gasteiger partial charge is 0.188 e. The molecule has 1 spiro atoms. The molecule has 0 N–H and O–H groups in total. The molecule has 0 saturated carbocycles. The molecule has 0 saturated heterocycles. The highest BCUT2D eigenvalue weighted by Gasteiger charge is 2.52. The monoisotopic (exact) mass is 600 g/mol. The molecule has 5 nitrogen and oxygen atoms in total. The summed E-state index contributed by atoms with van der Waals surface area (Å²) in [5.74, 6) is 1.68. The second kappa shape index (κ2) is 9.50. The number of hydrogen-bond donors (Lipinski definition) is 0. The molecular weight excluding hydrogens is 576 g/mol. The second-order valence-electron chi connectivity index (χ2n) is 12.1. The van der Waals surface area contributed by atoms with Crippen LogP contribution in [0, 0.1) is 6.57 Å². The highest BCUT2D eigenvalue weighted by molar-refractivity contribution is 6.11. The number of nitrogens with zero attached hydrogens (tertiary/aromatic N) is 4. The van der Waals surface area contributed by atoms with Gasteiger partial charge < -0.3 is 9.30 Å². The standard InChI is InChI=1S/C42H24N4O/c1-43-28-18-20-37-31(24-28)30-22-26(17-19-36(30)46(37)29-10-3-2-4-11-29)27-23-35-41(45-25-27)40-34(14-9-21-44-40)42(35)32-12-5-7-15-38(32)47-39-16-8-6-13-33(39)42/h2-25H. The van der Waals surface area contributed by atoms with Crippen molar-refractivity contribution in [3.63, 3.8) is 0 Å². The summed E-state index contributed by atoms with van der Waals surface area (Å²) in [5.41, 5.74) is 11.4. The van der Waals surface area contributed by atoms with E-state index in [9.17, 15) is 0 Å².